The minimum absolute atomic E-state index is 0.587. The zero-order valence-electron chi connectivity index (χ0n) is 7.60. The Hall–Kier alpha value is -1.42. The molecule has 0 atom stereocenters. The van der Waals surface area contributed by atoms with E-state index >= 15 is 0 Å². The summed E-state index contributed by atoms with van der Waals surface area (Å²) < 4.78 is 0. The second kappa shape index (κ2) is 3.75. The van der Waals surface area contributed by atoms with Crippen molar-refractivity contribution in [2.24, 2.45) is 0 Å². The van der Waals surface area contributed by atoms with E-state index in [1.165, 1.54) is 0 Å². The highest BCUT2D eigenvalue weighted by atomic mass is 32.1. The van der Waals surface area contributed by atoms with Gasteiger partial charge in [0.25, 0.3) is 0 Å². The summed E-state index contributed by atoms with van der Waals surface area (Å²) in [6.07, 6.45) is 4.21. The van der Waals surface area contributed by atoms with Gasteiger partial charge in [0.1, 0.15) is 10.8 Å². The smallest absolute Gasteiger partial charge is 0.138 e. The molecule has 0 spiro atoms. The highest BCUT2D eigenvalue weighted by Gasteiger charge is 2.07. The van der Waals surface area contributed by atoms with Gasteiger partial charge in [-0.1, -0.05) is 0 Å². The molecule has 0 aliphatic carbocycles. The zero-order valence-corrected chi connectivity index (χ0v) is 8.42. The Kier molecular flexibility index (Phi) is 2.45. The molecule has 0 saturated heterocycles. The van der Waals surface area contributed by atoms with Crippen LogP contribution in [0, 0.1) is 6.92 Å². The van der Waals surface area contributed by atoms with Crippen LogP contribution in [0.2, 0.25) is 0 Å². The molecular formula is C10H10N3S. The van der Waals surface area contributed by atoms with Crippen LogP contribution in [0.5, 0.6) is 0 Å². The predicted molar refractivity (Wildman–Crippen MR) is 58.8 cm³/mol. The van der Waals surface area contributed by atoms with E-state index in [1.54, 1.807) is 23.7 Å². The van der Waals surface area contributed by atoms with Crippen molar-refractivity contribution in [3.05, 3.63) is 36.3 Å². The molecule has 2 aromatic heterocycles. The molecule has 0 unspecified atom stereocenters. The molecule has 4 heteroatoms. The average Bonchev–Trinajstić information content (AvgIpc) is 2.61. The Balaban J connectivity index is 2.43. The summed E-state index contributed by atoms with van der Waals surface area (Å²) in [5.41, 5.74) is 6.73. The lowest BCUT2D eigenvalue weighted by Crippen LogP contribution is -1.88. The first-order chi connectivity index (χ1) is 6.81. The maximum Gasteiger partial charge on any atom is 0.138 e. The fourth-order valence-corrected chi connectivity index (χ4v) is 2.02. The minimum Gasteiger partial charge on any atom is -0.383 e. The molecule has 0 fully saturated rings. The maximum absolute atomic E-state index is 5.73. The van der Waals surface area contributed by atoms with Crippen LogP contribution < -0.4 is 5.73 Å². The predicted octanol–water partition coefficient (Wildman–Crippen LogP) is 2.16. The molecule has 2 N–H and O–H groups in total. The van der Waals surface area contributed by atoms with E-state index in [2.05, 4.69) is 16.9 Å². The van der Waals surface area contributed by atoms with Gasteiger partial charge in [-0.25, -0.2) is 4.98 Å². The highest BCUT2D eigenvalue weighted by molar-refractivity contribution is 7.15. The van der Waals surface area contributed by atoms with E-state index in [-0.39, 0.29) is 0 Å². The van der Waals surface area contributed by atoms with Crippen LogP contribution in [0.25, 0.3) is 10.6 Å². The number of aromatic nitrogens is 2. The van der Waals surface area contributed by atoms with Crippen molar-refractivity contribution >= 4 is 17.2 Å². The number of hydrogen-bond donors (Lipinski definition) is 1. The Morgan fingerprint density at radius 3 is 2.93 bits per heavy atom. The normalized spacial score (nSPS) is 10.4. The summed E-state index contributed by atoms with van der Waals surface area (Å²) in [6, 6.07) is 3.86. The molecule has 2 aromatic rings. The Morgan fingerprint density at radius 2 is 2.36 bits per heavy atom. The third kappa shape index (κ3) is 1.61. The Morgan fingerprint density at radius 1 is 1.50 bits per heavy atom. The standard InChI is InChI=1S/C10H10N3S/c1-2-8-9(11)13-10(14-8)7-4-3-5-12-6-7/h3-6H,1-2,11H2. The summed E-state index contributed by atoms with van der Waals surface area (Å²) in [6.45, 7) is 3.80. The van der Waals surface area contributed by atoms with E-state index in [0.29, 0.717) is 12.2 Å². The molecule has 71 valence electrons. The second-order valence-electron chi connectivity index (χ2n) is 2.82. The van der Waals surface area contributed by atoms with Gasteiger partial charge in [0.05, 0.1) is 0 Å². The second-order valence-corrected chi connectivity index (χ2v) is 3.90. The number of pyridine rings is 1. The van der Waals surface area contributed by atoms with E-state index in [0.717, 1.165) is 15.4 Å². The fraction of sp³-hybridized carbons (Fsp3) is 0.100. The van der Waals surface area contributed by atoms with Gasteiger partial charge in [0, 0.05) is 22.8 Å². The lowest BCUT2D eigenvalue weighted by Gasteiger charge is -1.91. The zero-order chi connectivity index (χ0) is 9.97. The lowest BCUT2D eigenvalue weighted by atomic mass is 10.3. The monoisotopic (exact) mass is 204 g/mol. The van der Waals surface area contributed by atoms with Crippen molar-refractivity contribution in [3.63, 3.8) is 0 Å². The summed E-state index contributed by atoms with van der Waals surface area (Å²) in [5, 5.41) is 0.911. The lowest BCUT2D eigenvalue weighted by molar-refractivity contribution is 1.29. The third-order valence-electron chi connectivity index (χ3n) is 1.86. The first-order valence-corrected chi connectivity index (χ1v) is 5.07. The molecule has 2 heterocycles. The molecule has 3 nitrogen and oxygen atoms in total. The molecular weight excluding hydrogens is 194 g/mol. The van der Waals surface area contributed by atoms with Crippen LogP contribution in [0.1, 0.15) is 4.88 Å². The van der Waals surface area contributed by atoms with Crippen molar-refractivity contribution in [1.29, 1.82) is 0 Å². The van der Waals surface area contributed by atoms with Crippen molar-refractivity contribution in [2.75, 3.05) is 5.73 Å². The molecule has 1 radical (unpaired) electrons. The van der Waals surface area contributed by atoms with Crippen molar-refractivity contribution < 1.29 is 0 Å². The number of hydrogen-bond acceptors (Lipinski definition) is 4. The molecule has 0 bridgehead atoms. The minimum atomic E-state index is 0.587. The molecule has 0 aromatic carbocycles. The van der Waals surface area contributed by atoms with E-state index in [4.69, 9.17) is 5.73 Å². The Labute approximate surface area is 86.6 Å². The van der Waals surface area contributed by atoms with Gasteiger partial charge in [-0.15, -0.1) is 11.3 Å². The van der Waals surface area contributed by atoms with Gasteiger partial charge in [-0.2, -0.15) is 0 Å². The molecule has 0 aliphatic rings. The van der Waals surface area contributed by atoms with Crippen LogP contribution in [-0.4, -0.2) is 9.97 Å². The number of nitrogens with zero attached hydrogens (tertiary/aromatic N) is 2. The topological polar surface area (TPSA) is 51.8 Å². The van der Waals surface area contributed by atoms with E-state index in [9.17, 15) is 0 Å². The molecule has 0 amide bonds. The summed E-state index contributed by atoms with van der Waals surface area (Å²) >= 11 is 1.57. The van der Waals surface area contributed by atoms with Crippen molar-refractivity contribution in [1.82, 2.24) is 9.97 Å². The van der Waals surface area contributed by atoms with Gasteiger partial charge in [0.2, 0.25) is 0 Å². The van der Waals surface area contributed by atoms with Crippen LogP contribution in [0.4, 0.5) is 5.82 Å². The number of nitrogen functional groups attached to an aromatic ring is 1. The van der Waals surface area contributed by atoms with Crippen LogP contribution in [0.3, 0.4) is 0 Å². The van der Waals surface area contributed by atoms with Crippen LogP contribution in [0.15, 0.2) is 24.5 Å². The SMILES string of the molecule is [CH2]Cc1sc(-c2cccnc2)nc1N. The number of nitrogens with two attached hydrogens (primary N) is 1. The first-order valence-electron chi connectivity index (χ1n) is 4.26. The van der Waals surface area contributed by atoms with E-state index < -0.39 is 0 Å². The quantitative estimate of drug-likeness (QED) is 0.815. The van der Waals surface area contributed by atoms with Gasteiger partial charge in [0.15, 0.2) is 0 Å². The van der Waals surface area contributed by atoms with Gasteiger partial charge < -0.3 is 5.73 Å². The fourth-order valence-electron chi connectivity index (χ4n) is 1.16. The Bertz CT molecular complexity index is 422. The highest BCUT2D eigenvalue weighted by Crippen LogP contribution is 2.28. The molecule has 2 rings (SSSR count). The molecule has 0 saturated carbocycles. The molecule has 14 heavy (non-hydrogen) atoms. The number of rotatable bonds is 2. The van der Waals surface area contributed by atoms with Gasteiger partial charge in [-0.05, 0) is 25.5 Å². The summed E-state index contributed by atoms with van der Waals surface area (Å²) in [5.74, 6) is 0.587. The van der Waals surface area contributed by atoms with Gasteiger partial charge >= 0.3 is 0 Å². The average molecular weight is 204 g/mol. The first kappa shape index (κ1) is 9.15. The van der Waals surface area contributed by atoms with Crippen molar-refractivity contribution in [2.45, 2.75) is 6.42 Å². The molecule has 0 aliphatic heterocycles. The maximum atomic E-state index is 5.73. The largest absolute Gasteiger partial charge is 0.383 e. The van der Waals surface area contributed by atoms with Gasteiger partial charge in [-0.3, -0.25) is 4.98 Å². The summed E-state index contributed by atoms with van der Waals surface area (Å²) in [4.78, 5) is 9.34. The van der Waals surface area contributed by atoms with E-state index in [1.807, 2.05) is 12.1 Å². The number of anilines is 1. The third-order valence-corrected chi connectivity index (χ3v) is 3.04. The number of thiazole rings is 1. The van der Waals surface area contributed by atoms with Crippen LogP contribution in [-0.2, 0) is 6.42 Å². The summed E-state index contributed by atoms with van der Waals surface area (Å²) in [7, 11) is 0. The van der Waals surface area contributed by atoms with Crippen LogP contribution >= 0.6 is 11.3 Å². The van der Waals surface area contributed by atoms with Crippen molar-refractivity contribution in [3.8, 4) is 10.6 Å².